The zero-order valence-electron chi connectivity index (χ0n) is 20.9. The molecule has 0 aromatic heterocycles. The fourth-order valence-corrected chi connectivity index (χ4v) is 5.14. The quantitative estimate of drug-likeness (QED) is 0.319. The van der Waals surface area contributed by atoms with E-state index in [-0.39, 0.29) is 23.6 Å². The highest BCUT2D eigenvalue weighted by Crippen LogP contribution is 2.49. The van der Waals surface area contributed by atoms with Crippen LogP contribution in [0.2, 0.25) is 0 Å². The van der Waals surface area contributed by atoms with Crippen LogP contribution in [0.4, 0.5) is 0 Å². The molecule has 2 aliphatic rings. The standard InChI is InChI=1S/C30H31NO4/c1-18-19(2)28(33-20(3)32)25(23-16-17-30(4,5)34-27(18)23)26-24(21-12-8-6-9-13-21)29(35-31-26)22-14-10-7-11-15-22/h6-15,24,29H,16-17H2,1-5H3/t24-,29-/m0/s1. The highest BCUT2D eigenvalue weighted by molar-refractivity contribution is 6.10. The SMILES string of the molecule is CC(=O)Oc1c(C)c(C)c2c(c1C1=NO[C@@H](c3ccccc3)[C@H]1c1ccccc1)CCC(C)(C)O2. The zero-order valence-corrected chi connectivity index (χ0v) is 20.9. The van der Waals surface area contributed by atoms with Crippen LogP contribution < -0.4 is 9.47 Å². The molecule has 180 valence electrons. The summed E-state index contributed by atoms with van der Waals surface area (Å²) in [6, 6.07) is 20.4. The maximum Gasteiger partial charge on any atom is 0.308 e. The molecule has 3 aromatic carbocycles. The molecule has 5 rings (SSSR count). The minimum absolute atomic E-state index is 0.172. The number of hydrogen-bond acceptors (Lipinski definition) is 5. The van der Waals surface area contributed by atoms with Gasteiger partial charge in [0.2, 0.25) is 0 Å². The Morgan fingerprint density at radius 3 is 2.23 bits per heavy atom. The summed E-state index contributed by atoms with van der Waals surface area (Å²) in [7, 11) is 0. The molecule has 0 unspecified atom stereocenters. The number of carbonyl (C=O) groups excluding carboxylic acids is 1. The number of carbonyl (C=O) groups is 1. The van der Waals surface area contributed by atoms with Gasteiger partial charge in [-0.3, -0.25) is 4.79 Å². The first-order chi connectivity index (χ1) is 16.8. The average molecular weight is 470 g/mol. The number of fused-ring (bicyclic) bond motifs is 1. The number of esters is 1. The van der Waals surface area contributed by atoms with Gasteiger partial charge in [-0.15, -0.1) is 0 Å². The van der Waals surface area contributed by atoms with Crippen LogP contribution in [0.3, 0.4) is 0 Å². The molecular formula is C30H31NO4. The molecule has 0 fully saturated rings. The molecule has 2 heterocycles. The summed E-state index contributed by atoms with van der Waals surface area (Å²) < 4.78 is 12.4. The highest BCUT2D eigenvalue weighted by atomic mass is 16.6. The van der Waals surface area contributed by atoms with E-state index < -0.39 is 0 Å². The first kappa shape index (κ1) is 23.2. The molecular weight excluding hydrogens is 438 g/mol. The van der Waals surface area contributed by atoms with E-state index in [1.165, 1.54) is 6.92 Å². The second-order valence-corrected chi connectivity index (χ2v) is 10.0. The second-order valence-electron chi connectivity index (χ2n) is 10.0. The number of hydrogen-bond donors (Lipinski definition) is 0. The third-order valence-electron chi connectivity index (χ3n) is 7.05. The van der Waals surface area contributed by atoms with Crippen molar-refractivity contribution >= 4 is 11.7 Å². The predicted molar refractivity (Wildman–Crippen MR) is 136 cm³/mol. The predicted octanol–water partition coefficient (Wildman–Crippen LogP) is 6.59. The normalized spacial score (nSPS) is 20.3. The van der Waals surface area contributed by atoms with Crippen LogP contribution in [0.25, 0.3) is 0 Å². The third-order valence-corrected chi connectivity index (χ3v) is 7.05. The molecule has 2 atom stereocenters. The molecule has 2 aliphatic heterocycles. The molecule has 3 aromatic rings. The lowest BCUT2D eigenvalue weighted by atomic mass is 9.79. The summed E-state index contributed by atoms with van der Waals surface area (Å²) in [4.78, 5) is 18.4. The Morgan fingerprint density at radius 2 is 1.60 bits per heavy atom. The maximum atomic E-state index is 12.2. The van der Waals surface area contributed by atoms with Crippen molar-refractivity contribution in [1.82, 2.24) is 0 Å². The van der Waals surface area contributed by atoms with Gasteiger partial charge in [-0.05, 0) is 62.8 Å². The second kappa shape index (κ2) is 8.88. The van der Waals surface area contributed by atoms with Crippen LogP contribution in [0.15, 0.2) is 65.8 Å². The Bertz CT molecular complexity index is 1300. The summed E-state index contributed by atoms with van der Waals surface area (Å²) in [5, 5.41) is 4.67. The minimum atomic E-state index is -0.360. The van der Waals surface area contributed by atoms with Crippen LogP contribution in [0.5, 0.6) is 11.5 Å². The number of ether oxygens (including phenoxy) is 2. The van der Waals surface area contributed by atoms with Gasteiger partial charge in [-0.1, -0.05) is 65.8 Å². The molecule has 0 aliphatic carbocycles. The van der Waals surface area contributed by atoms with Crippen LogP contribution in [-0.2, 0) is 16.1 Å². The Labute approximate surface area is 206 Å². The van der Waals surface area contributed by atoms with Gasteiger partial charge in [0.1, 0.15) is 22.8 Å². The van der Waals surface area contributed by atoms with E-state index in [4.69, 9.17) is 14.3 Å². The molecule has 0 spiro atoms. The van der Waals surface area contributed by atoms with Crippen LogP contribution >= 0.6 is 0 Å². The number of benzene rings is 3. The molecule has 5 heteroatoms. The van der Waals surface area contributed by atoms with Crippen molar-refractivity contribution in [3.8, 4) is 11.5 Å². The third kappa shape index (κ3) is 4.20. The van der Waals surface area contributed by atoms with Gasteiger partial charge < -0.3 is 14.3 Å². The van der Waals surface area contributed by atoms with Crippen molar-refractivity contribution in [2.24, 2.45) is 5.16 Å². The fraction of sp³-hybridized carbons (Fsp3) is 0.333. The van der Waals surface area contributed by atoms with Crippen molar-refractivity contribution in [3.05, 3.63) is 94.0 Å². The molecule has 0 amide bonds. The van der Waals surface area contributed by atoms with E-state index in [0.717, 1.165) is 57.7 Å². The van der Waals surface area contributed by atoms with Crippen molar-refractivity contribution in [3.63, 3.8) is 0 Å². The van der Waals surface area contributed by atoms with E-state index in [0.29, 0.717) is 5.75 Å². The van der Waals surface area contributed by atoms with E-state index >= 15 is 0 Å². The lowest BCUT2D eigenvalue weighted by molar-refractivity contribution is -0.131. The Morgan fingerprint density at radius 1 is 0.971 bits per heavy atom. The maximum absolute atomic E-state index is 12.2. The topological polar surface area (TPSA) is 57.1 Å². The number of nitrogens with zero attached hydrogens (tertiary/aromatic N) is 1. The Balaban J connectivity index is 1.74. The lowest BCUT2D eigenvalue weighted by Crippen LogP contribution is -2.34. The van der Waals surface area contributed by atoms with Crippen molar-refractivity contribution < 1.29 is 19.1 Å². The van der Waals surface area contributed by atoms with Gasteiger partial charge >= 0.3 is 5.97 Å². The molecule has 0 saturated carbocycles. The van der Waals surface area contributed by atoms with E-state index in [9.17, 15) is 4.79 Å². The summed E-state index contributed by atoms with van der Waals surface area (Å²) in [5.41, 5.74) is 6.35. The Kier molecular flexibility index (Phi) is 5.87. The molecule has 35 heavy (non-hydrogen) atoms. The first-order valence-electron chi connectivity index (χ1n) is 12.1. The molecule has 0 bridgehead atoms. The van der Waals surface area contributed by atoms with Gasteiger partial charge in [-0.2, -0.15) is 0 Å². The minimum Gasteiger partial charge on any atom is -0.487 e. The fourth-order valence-electron chi connectivity index (χ4n) is 5.14. The van der Waals surface area contributed by atoms with E-state index in [1.807, 2.05) is 50.2 Å². The van der Waals surface area contributed by atoms with E-state index in [2.05, 4.69) is 43.3 Å². The van der Waals surface area contributed by atoms with Crippen molar-refractivity contribution in [2.75, 3.05) is 0 Å². The molecule has 0 saturated heterocycles. The first-order valence-corrected chi connectivity index (χ1v) is 12.1. The van der Waals surface area contributed by atoms with Crippen LogP contribution in [0.1, 0.15) is 72.6 Å². The molecule has 5 nitrogen and oxygen atoms in total. The number of rotatable bonds is 4. The molecule has 0 radical (unpaired) electrons. The van der Waals surface area contributed by atoms with Gasteiger partial charge in [0.25, 0.3) is 0 Å². The van der Waals surface area contributed by atoms with Crippen molar-refractivity contribution in [1.29, 1.82) is 0 Å². The van der Waals surface area contributed by atoms with Gasteiger partial charge in [0.15, 0.2) is 6.10 Å². The van der Waals surface area contributed by atoms with Gasteiger partial charge in [0, 0.05) is 12.5 Å². The summed E-state index contributed by atoms with van der Waals surface area (Å²) in [5.74, 6) is 0.881. The summed E-state index contributed by atoms with van der Waals surface area (Å²) in [6.07, 6.45) is 1.35. The van der Waals surface area contributed by atoms with Gasteiger partial charge in [-0.25, -0.2) is 0 Å². The summed E-state index contributed by atoms with van der Waals surface area (Å²) >= 11 is 0. The number of oxime groups is 1. The average Bonchev–Trinajstić information content (AvgIpc) is 3.28. The largest absolute Gasteiger partial charge is 0.487 e. The van der Waals surface area contributed by atoms with Crippen LogP contribution in [-0.4, -0.2) is 17.3 Å². The monoisotopic (exact) mass is 469 g/mol. The van der Waals surface area contributed by atoms with E-state index in [1.54, 1.807) is 0 Å². The van der Waals surface area contributed by atoms with Gasteiger partial charge in [0.05, 0.1) is 11.5 Å². The zero-order chi connectivity index (χ0) is 24.7. The van der Waals surface area contributed by atoms with Crippen molar-refractivity contribution in [2.45, 2.75) is 65.1 Å². The lowest BCUT2D eigenvalue weighted by Gasteiger charge is -2.36. The smallest absolute Gasteiger partial charge is 0.308 e. The Hall–Kier alpha value is -3.60. The highest BCUT2D eigenvalue weighted by Gasteiger charge is 2.42. The molecule has 0 N–H and O–H groups in total. The van der Waals surface area contributed by atoms with Crippen LogP contribution in [0, 0.1) is 13.8 Å². The summed E-state index contributed by atoms with van der Waals surface area (Å²) in [6.45, 7) is 9.66.